The third kappa shape index (κ3) is 7.17. The molecule has 0 radical (unpaired) electrons. The summed E-state index contributed by atoms with van der Waals surface area (Å²) < 4.78 is 72.1. The second-order valence-corrected chi connectivity index (χ2v) is 11.4. The number of nitrogens with zero attached hydrogens (tertiary/aromatic N) is 2. The maximum atomic E-state index is 13.1. The summed E-state index contributed by atoms with van der Waals surface area (Å²) in [5.41, 5.74) is 0.126. The number of piperidine rings is 1. The van der Waals surface area contributed by atoms with Gasteiger partial charge in [0.1, 0.15) is 5.82 Å². The number of hydrogen-bond donors (Lipinski definition) is 1. The molecule has 2 aromatic rings. The second-order valence-electron chi connectivity index (χ2n) is 9.61. The molecular weight excluding hydrogens is 479 g/mol. The number of rotatable bonds is 7. The lowest BCUT2D eigenvalue weighted by atomic mass is 9.82. The average Bonchev–Trinajstić information content (AvgIpc) is 2.83. The third-order valence-corrected chi connectivity index (χ3v) is 7.71. The van der Waals surface area contributed by atoms with Crippen LogP contribution in [-0.2, 0) is 20.9 Å². The zero-order valence-corrected chi connectivity index (χ0v) is 20.6. The first kappa shape index (κ1) is 25.9. The SMILES string of the molecule is CS(=O)(=O)N[C@H]1CCN(c2ccccn2)C[C@H]1CO[C@H]1CC[C@@H](c2cccc(C(F)(F)F)c2)CC1. The molecule has 35 heavy (non-hydrogen) atoms. The number of aromatic nitrogens is 1. The fourth-order valence-corrected chi connectivity index (χ4v) is 6.03. The van der Waals surface area contributed by atoms with Crippen molar-refractivity contribution in [3.8, 4) is 0 Å². The molecule has 2 aliphatic rings. The van der Waals surface area contributed by atoms with Gasteiger partial charge in [-0.1, -0.05) is 24.3 Å². The van der Waals surface area contributed by atoms with Gasteiger partial charge in [-0.2, -0.15) is 13.2 Å². The summed E-state index contributed by atoms with van der Waals surface area (Å²) in [5.74, 6) is 0.907. The van der Waals surface area contributed by atoms with Crippen LogP contribution in [0.1, 0.15) is 49.1 Å². The minimum atomic E-state index is -4.34. The van der Waals surface area contributed by atoms with E-state index in [-0.39, 0.29) is 24.0 Å². The van der Waals surface area contributed by atoms with E-state index < -0.39 is 21.8 Å². The van der Waals surface area contributed by atoms with Crippen molar-refractivity contribution in [1.29, 1.82) is 0 Å². The van der Waals surface area contributed by atoms with E-state index in [2.05, 4.69) is 14.6 Å². The highest BCUT2D eigenvalue weighted by Crippen LogP contribution is 2.37. The van der Waals surface area contributed by atoms with Crippen molar-refractivity contribution in [1.82, 2.24) is 9.71 Å². The molecule has 1 saturated heterocycles. The molecule has 2 atom stereocenters. The quantitative estimate of drug-likeness (QED) is 0.589. The Balaban J connectivity index is 1.34. The van der Waals surface area contributed by atoms with Crippen LogP contribution in [0.4, 0.5) is 19.0 Å². The summed E-state index contributed by atoms with van der Waals surface area (Å²) in [6, 6.07) is 11.1. The second kappa shape index (κ2) is 10.8. The Labute approximate surface area is 204 Å². The molecule has 1 aromatic carbocycles. The summed E-state index contributed by atoms with van der Waals surface area (Å²) in [6.07, 6.45) is 2.31. The summed E-state index contributed by atoms with van der Waals surface area (Å²) >= 11 is 0. The zero-order chi connectivity index (χ0) is 25.1. The molecule has 192 valence electrons. The van der Waals surface area contributed by atoms with Crippen LogP contribution in [0.5, 0.6) is 0 Å². The summed E-state index contributed by atoms with van der Waals surface area (Å²) in [7, 11) is -3.35. The molecule has 2 fully saturated rings. The molecule has 1 aromatic heterocycles. The van der Waals surface area contributed by atoms with Gasteiger partial charge in [0.15, 0.2) is 0 Å². The molecule has 6 nitrogen and oxygen atoms in total. The van der Waals surface area contributed by atoms with Crippen LogP contribution in [-0.4, -0.2) is 51.5 Å². The molecule has 10 heteroatoms. The van der Waals surface area contributed by atoms with Gasteiger partial charge in [0.2, 0.25) is 10.0 Å². The molecule has 2 heterocycles. The fourth-order valence-electron chi connectivity index (χ4n) is 5.17. The van der Waals surface area contributed by atoms with Crippen molar-refractivity contribution in [2.75, 3.05) is 30.9 Å². The Kier molecular flexibility index (Phi) is 8.02. The predicted octanol–water partition coefficient (Wildman–Crippen LogP) is 4.59. The van der Waals surface area contributed by atoms with E-state index in [1.165, 1.54) is 18.4 Å². The van der Waals surface area contributed by atoms with Gasteiger partial charge in [-0.25, -0.2) is 18.1 Å². The number of hydrogen-bond acceptors (Lipinski definition) is 5. The van der Waals surface area contributed by atoms with Crippen LogP contribution in [0.25, 0.3) is 0 Å². The Bertz CT molecular complexity index is 1070. The Hall–Kier alpha value is -2.17. The average molecular weight is 512 g/mol. The highest BCUT2D eigenvalue weighted by molar-refractivity contribution is 7.88. The topological polar surface area (TPSA) is 71.5 Å². The van der Waals surface area contributed by atoms with Gasteiger partial charge in [0.25, 0.3) is 0 Å². The van der Waals surface area contributed by atoms with Gasteiger partial charge in [0.05, 0.1) is 24.5 Å². The minimum absolute atomic E-state index is 0.0150. The number of sulfonamides is 1. The molecular formula is C25H32F3N3O3S. The monoisotopic (exact) mass is 511 g/mol. The molecule has 1 N–H and O–H groups in total. The lowest BCUT2D eigenvalue weighted by Crippen LogP contribution is -2.52. The highest BCUT2D eigenvalue weighted by Gasteiger charge is 2.34. The van der Waals surface area contributed by atoms with Crippen LogP contribution in [0.15, 0.2) is 48.7 Å². The lowest BCUT2D eigenvalue weighted by Gasteiger charge is -2.40. The molecule has 1 aliphatic heterocycles. The number of alkyl halides is 3. The van der Waals surface area contributed by atoms with E-state index >= 15 is 0 Å². The van der Waals surface area contributed by atoms with Crippen molar-refractivity contribution in [3.63, 3.8) is 0 Å². The van der Waals surface area contributed by atoms with Gasteiger partial charge in [-0.05, 0) is 61.8 Å². The standard InChI is InChI=1S/C25H32F3N3O3S/c1-35(32,33)30-23-12-14-31(24-7-2-3-13-29-24)16-20(23)17-34-22-10-8-18(9-11-22)19-5-4-6-21(15-19)25(26,27)28/h2-7,13,15,18,20,22-23,30H,8-12,14,16-17H2,1H3/t18-,20-,22+,23-/m0/s1. The molecule has 0 spiro atoms. The fraction of sp³-hybridized carbons (Fsp3) is 0.560. The van der Waals surface area contributed by atoms with Crippen LogP contribution < -0.4 is 9.62 Å². The smallest absolute Gasteiger partial charge is 0.378 e. The zero-order valence-electron chi connectivity index (χ0n) is 19.7. The van der Waals surface area contributed by atoms with Crippen molar-refractivity contribution in [2.45, 2.75) is 56.3 Å². The summed E-state index contributed by atoms with van der Waals surface area (Å²) in [4.78, 5) is 6.57. The third-order valence-electron chi connectivity index (χ3n) is 6.98. The van der Waals surface area contributed by atoms with Gasteiger partial charge >= 0.3 is 6.18 Å². The highest BCUT2D eigenvalue weighted by atomic mass is 32.2. The molecule has 4 rings (SSSR count). The van der Waals surface area contributed by atoms with E-state index in [1.54, 1.807) is 12.3 Å². The molecule has 0 amide bonds. The van der Waals surface area contributed by atoms with Crippen LogP contribution >= 0.6 is 0 Å². The number of pyridine rings is 1. The van der Waals surface area contributed by atoms with Gasteiger partial charge < -0.3 is 9.64 Å². The van der Waals surface area contributed by atoms with Crippen molar-refractivity contribution >= 4 is 15.8 Å². The largest absolute Gasteiger partial charge is 0.416 e. The van der Waals surface area contributed by atoms with Gasteiger partial charge in [-0.3, -0.25) is 0 Å². The van der Waals surface area contributed by atoms with E-state index in [4.69, 9.17) is 4.74 Å². The van der Waals surface area contributed by atoms with Crippen LogP contribution in [0.3, 0.4) is 0 Å². The van der Waals surface area contributed by atoms with Gasteiger partial charge in [-0.15, -0.1) is 0 Å². The van der Waals surface area contributed by atoms with Gasteiger partial charge in [0, 0.05) is 31.2 Å². The summed E-state index contributed by atoms with van der Waals surface area (Å²) in [6.45, 7) is 1.74. The predicted molar refractivity (Wildman–Crippen MR) is 129 cm³/mol. The van der Waals surface area contributed by atoms with Crippen molar-refractivity contribution in [2.24, 2.45) is 5.92 Å². The Morgan fingerprint density at radius 1 is 1.09 bits per heavy atom. The number of benzene rings is 1. The molecule has 0 unspecified atom stereocenters. The molecule has 1 aliphatic carbocycles. The maximum Gasteiger partial charge on any atom is 0.416 e. The van der Waals surface area contributed by atoms with E-state index in [0.717, 1.165) is 43.1 Å². The first-order chi connectivity index (χ1) is 16.6. The molecule has 0 bridgehead atoms. The van der Waals surface area contributed by atoms with Crippen LogP contribution in [0.2, 0.25) is 0 Å². The maximum absolute atomic E-state index is 13.1. The normalized spacial score (nSPS) is 26.0. The summed E-state index contributed by atoms with van der Waals surface area (Å²) in [5, 5.41) is 0. The van der Waals surface area contributed by atoms with E-state index in [0.29, 0.717) is 26.1 Å². The Morgan fingerprint density at radius 2 is 1.86 bits per heavy atom. The lowest BCUT2D eigenvalue weighted by molar-refractivity contribution is -0.137. The first-order valence-electron chi connectivity index (χ1n) is 12.0. The number of nitrogens with one attached hydrogen (secondary N) is 1. The van der Waals surface area contributed by atoms with Crippen molar-refractivity contribution < 1.29 is 26.3 Å². The number of anilines is 1. The molecule has 1 saturated carbocycles. The van der Waals surface area contributed by atoms with Crippen molar-refractivity contribution in [3.05, 3.63) is 59.8 Å². The minimum Gasteiger partial charge on any atom is -0.378 e. The Morgan fingerprint density at radius 3 is 2.51 bits per heavy atom. The van der Waals surface area contributed by atoms with Crippen LogP contribution in [0, 0.1) is 5.92 Å². The number of ether oxygens (including phenoxy) is 1. The van der Waals surface area contributed by atoms with E-state index in [9.17, 15) is 21.6 Å². The first-order valence-corrected chi connectivity index (χ1v) is 13.9. The number of halogens is 3. The van der Waals surface area contributed by atoms with E-state index in [1.807, 2.05) is 18.2 Å².